The Morgan fingerprint density at radius 1 is 0.377 bits per heavy atom. The molecule has 0 aliphatic rings. The molecule has 0 amide bonds. The topological polar surface area (TPSA) is 64.7 Å². The van der Waals surface area contributed by atoms with Gasteiger partial charge in [-0.25, -0.2) is 15.0 Å². The van der Waals surface area contributed by atoms with Gasteiger partial charge in [0, 0.05) is 50.6 Å². The number of fused-ring (bicyclic) bond motifs is 9. The van der Waals surface area contributed by atoms with E-state index < -0.39 is 0 Å². The molecule has 0 aliphatic carbocycles. The Hall–Kier alpha value is -7.24. The quantitative estimate of drug-likeness (QED) is 0.174. The lowest BCUT2D eigenvalue weighted by Crippen LogP contribution is -2.01. The van der Waals surface area contributed by atoms with Crippen molar-refractivity contribution in [3.63, 3.8) is 0 Å². The van der Waals surface area contributed by atoms with Crippen LogP contribution >= 0.6 is 0 Å². The predicted molar refractivity (Wildman–Crippen MR) is 217 cm³/mol. The molecule has 0 saturated heterocycles. The van der Waals surface area contributed by atoms with Crippen LogP contribution in [0.25, 0.3) is 110 Å². The summed E-state index contributed by atoms with van der Waals surface area (Å²) in [5, 5.41) is 11.2. The molecule has 0 spiro atoms. The summed E-state index contributed by atoms with van der Waals surface area (Å²) in [5.41, 5.74) is 6.86. The van der Waals surface area contributed by atoms with E-state index in [1.54, 1.807) is 0 Å². The van der Waals surface area contributed by atoms with E-state index in [9.17, 15) is 0 Å². The van der Waals surface area contributed by atoms with Gasteiger partial charge in [-0.05, 0) is 73.8 Å². The van der Waals surface area contributed by atoms with Gasteiger partial charge in [0.25, 0.3) is 0 Å². The highest BCUT2D eigenvalue weighted by atomic mass is 16.3. The van der Waals surface area contributed by atoms with Crippen LogP contribution in [0.15, 0.2) is 175 Å². The zero-order chi connectivity index (χ0) is 34.9. The molecule has 53 heavy (non-hydrogen) atoms. The zero-order valence-electron chi connectivity index (χ0n) is 28.4. The fourth-order valence-electron chi connectivity index (χ4n) is 7.91. The lowest BCUT2D eigenvalue weighted by Gasteiger charge is -2.13. The number of furan rings is 1. The maximum Gasteiger partial charge on any atom is 0.164 e. The van der Waals surface area contributed by atoms with Gasteiger partial charge in [-0.2, -0.15) is 0 Å². The van der Waals surface area contributed by atoms with Crippen molar-refractivity contribution in [3.8, 4) is 45.3 Å². The molecule has 0 bridgehead atoms. The maximum atomic E-state index is 6.51. The van der Waals surface area contributed by atoms with Crippen molar-refractivity contribution < 1.29 is 4.42 Å². The Labute approximate surface area is 303 Å². The Kier molecular flexibility index (Phi) is 6.48. The highest BCUT2D eigenvalue weighted by Crippen LogP contribution is 2.42. The molecule has 8 aromatic carbocycles. The summed E-state index contributed by atoms with van der Waals surface area (Å²) in [4.78, 5) is 19.7. The Balaban J connectivity index is 1.10. The summed E-state index contributed by atoms with van der Waals surface area (Å²) in [6, 6.07) is 55.0. The van der Waals surface area contributed by atoms with Gasteiger partial charge in [-0.15, -0.1) is 0 Å². The van der Waals surface area contributed by atoms with Crippen molar-refractivity contribution in [2.24, 2.45) is 0 Å². The molecule has 11 aromatic rings. The summed E-state index contributed by atoms with van der Waals surface area (Å²) in [6.45, 7) is 0. The first kappa shape index (κ1) is 29.5. The minimum Gasteiger partial charge on any atom is -0.455 e. The molecular formula is C48H28N4O. The lowest BCUT2D eigenvalue weighted by atomic mass is 9.93. The van der Waals surface area contributed by atoms with Gasteiger partial charge in [-0.1, -0.05) is 127 Å². The first-order chi connectivity index (χ1) is 26.3. The summed E-state index contributed by atoms with van der Waals surface area (Å²) < 4.78 is 6.51. The second-order valence-corrected chi connectivity index (χ2v) is 13.4. The van der Waals surface area contributed by atoms with Crippen molar-refractivity contribution in [3.05, 3.63) is 170 Å². The highest BCUT2D eigenvalue weighted by Gasteiger charge is 2.19. The second-order valence-electron chi connectivity index (χ2n) is 13.4. The summed E-state index contributed by atoms with van der Waals surface area (Å²) >= 11 is 0. The molecule has 0 N–H and O–H groups in total. The number of hydrogen-bond donors (Lipinski definition) is 0. The van der Waals surface area contributed by atoms with E-state index in [-0.39, 0.29) is 0 Å². The van der Waals surface area contributed by atoms with E-state index in [0.717, 1.165) is 82.1 Å². The number of hydrogen-bond acceptors (Lipinski definition) is 5. The van der Waals surface area contributed by atoms with Gasteiger partial charge in [-0.3, -0.25) is 4.98 Å². The monoisotopic (exact) mass is 676 g/mol. The van der Waals surface area contributed by atoms with Crippen LogP contribution in [-0.2, 0) is 0 Å². The molecule has 11 rings (SSSR count). The van der Waals surface area contributed by atoms with Crippen LogP contribution in [0.3, 0.4) is 0 Å². The molecule has 246 valence electrons. The molecular weight excluding hydrogens is 649 g/mol. The van der Waals surface area contributed by atoms with Crippen LogP contribution in [0, 0.1) is 0 Å². The average Bonchev–Trinajstić information content (AvgIpc) is 3.63. The summed E-state index contributed by atoms with van der Waals surface area (Å²) in [5.74, 6) is 1.91. The number of nitrogens with zero attached hydrogens (tertiary/aromatic N) is 4. The number of benzene rings is 8. The molecule has 0 unspecified atom stereocenters. The fraction of sp³-hybridized carbons (Fsp3) is 0. The molecule has 0 aliphatic heterocycles. The van der Waals surface area contributed by atoms with Gasteiger partial charge >= 0.3 is 0 Å². The van der Waals surface area contributed by atoms with Crippen LogP contribution < -0.4 is 0 Å². The largest absolute Gasteiger partial charge is 0.455 e. The molecule has 0 radical (unpaired) electrons. The van der Waals surface area contributed by atoms with E-state index in [0.29, 0.717) is 17.5 Å². The van der Waals surface area contributed by atoms with E-state index in [1.807, 2.05) is 48.8 Å². The third-order valence-electron chi connectivity index (χ3n) is 10.4. The molecule has 5 heteroatoms. The van der Waals surface area contributed by atoms with Gasteiger partial charge < -0.3 is 4.42 Å². The SMILES string of the molecule is c1ccc(-c2nc(-c3ccc4c(-c5cccc6oc7c8ccncc8ccc7c56)cccc4c3)nc(-c3cc4ccccc4c4ccccc34)n2)cc1. The van der Waals surface area contributed by atoms with Gasteiger partial charge in [0.1, 0.15) is 11.2 Å². The van der Waals surface area contributed by atoms with E-state index in [1.165, 1.54) is 10.8 Å². The smallest absolute Gasteiger partial charge is 0.164 e. The van der Waals surface area contributed by atoms with Crippen LogP contribution in [0.2, 0.25) is 0 Å². The van der Waals surface area contributed by atoms with E-state index in [2.05, 4.69) is 126 Å². The zero-order valence-corrected chi connectivity index (χ0v) is 28.4. The third-order valence-corrected chi connectivity index (χ3v) is 10.4. The van der Waals surface area contributed by atoms with Crippen LogP contribution in [0.4, 0.5) is 0 Å². The molecule has 5 nitrogen and oxygen atoms in total. The highest BCUT2D eigenvalue weighted by molar-refractivity contribution is 6.20. The van der Waals surface area contributed by atoms with Crippen LogP contribution in [-0.4, -0.2) is 19.9 Å². The second kappa shape index (κ2) is 11.7. The minimum absolute atomic E-state index is 0.627. The van der Waals surface area contributed by atoms with Crippen LogP contribution in [0.1, 0.15) is 0 Å². The molecule has 0 fully saturated rings. The first-order valence-electron chi connectivity index (χ1n) is 17.7. The standard InChI is InChI=1S/C48H28N4O/c1-2-10-29(11-3-1)46-50-47(52-48(51-46)42-27-31-12-4-5-14-34(31)37-15-6-7-16-39(37)42)32-20-22-35-30(26-32)13-8-17-38(35)40-18-9-19-43-44(40)41-23-21-33-28-49-25-24-36(33)45(41)53-43/h1-28H. The van der Waals surface area contributed by atoms with Crippen LogP contribution in [0.5, 0.6) is 0 Å². The maximum absolute atomic E-state index is 6.51. The van der Waals surface area contributed by atoms with E-state index >= 15 is 0 Å². The van der Waals surface area contributed by atoms with Gasteiger partial charge in [0.05, 0.1) is 0 Å². The first-order valence-corrected chi connectivity index (χ1v) is 17.7. The molecule has 3 aromatic heterocycles. The number of rotatable bonds is 4. The Morgan fingerprint density at radius 2 is 1.08 bits per heavy atom. The summed E-state index contributed by atoms with van der Waals surface area (Å²) in [7, 11) is 0. The van der Waals surface area contributed by atoms with Crippen molar-refractivity contribution in [2.75, 3.05) is 0 Å². The fourth-order valence-corrected chi connectivity index (χ4v) is 7.91. The third kappa shape index (κ3) is 4.71. The number of aromatic nitrogens is 4. The normalized spacial score (nSPS) is 11.8. The average molecular weight is 677 g/mol. The molecule has 0 atom stereocenters. The van der Waals surface area contributed by atoms with Crippen molar-refractivity contribution in [2.45, 2.75) is 0 Å². The molecule has 0 saturated carbocycles. The van der Waals surface area contributed by atoms with Crippen molar-refractivity contribution >= 4 is 65.0 Å². The van der Waals surface area contributed by atoms with Crippen molar-refractivity contribution in [1.29, 1.82) is 0 Å². The van der Waals surface area contributed by atoms with Gasteiger partial charge in [0.2, 0.25) is 0 Å². The number of pyridine rings is 1. The lowest BCUT2D eigenvalue weighted by molar-refractivity contribution is 0.672. The Morgan fingerprint density at radius 3 is 1.98 bits per heavy atom. The van der Waals surface area contributed by atoms with E-state index in [4.69, 9.17) is 19.4 Å². The summed E-state index contributed by atoms with van der Waals surface area (Å²) in [6.07, 6.45) is 3.70. The molecule has 3 heterocycles. The van der Waals surface area contributed by atoms with Crippen molar-refractivity contribution in [1.82, 2.24) is 19.9 Å². The Bertz CT molecular complexity index is 3240. The minimum atomic E-state index is 0.627. The predicted octanol–water partition coefficient (Wildman–Crippen LogP) is 12.4. The van der Waals surface area contributed by atoms with Gasteiger partial charge in [0.15, 0.2) is 17.5 Å².